The Bertz CT molecular complexity index is 1320. The first-order chi connectivity index (χ1) is 16.5. The van der Waals surface area contributed by atoms with Crippen molar-refractivity contribution >= 4 is 28.8 Å². The van der Waals surface area contributed by atoms with E-state index in [2.05, 4.69) is 22.8 Å². The standard InChI is InChI=1S/C26H29N5O2S/c1-4-9-20(18-29(3)34-5-2)30-23-16-17-28-25(27)24(23)31(26(30)32)19-12-14-22(15-13-19)33-21-10-7-6-8-11-21/h5-8,10-17,20H,2,4,9,18H2,1,3H3,(H2,27,28). The van der Waals surface area contributed by atoms with E-state index in [1.54, 1.807) is 16.2 Å². The number of ether oxygens (including phenoxy) is 1. The molecule has 34 heavy (non-hydrogen) atoms. The number of fused-ring (bicyclic) bond motifs is 1. The van der Waals surface area contributed by atoms with Gasteiger partial charge in [-0.3, -0.25) is 9.13 Å². The number of imidazole rings is 1. The van der Waals surface area contributed by atoms with Gasteiger partial charge in [0.05, 0.1) is 17.2 Å². The summed E-state index contributed by atoms with van der Waals surface area (Å²) in [7, 11) is 2.00. The summed E-state index contributed by atoms with van der Waals surface area (Å²) in [6, 6.07) is 18.8. The van der Waals surface area contributed by atoms with Gasteiger partial charge >= 0.3 is 5.69 Å². The van der Waals surface area contributed by atoms with Crippen molar-refractivity contribution in [2.24, 2.45) is 0 Å². The van der Waals surface area contributed by atoms with Crippen LogP contribution in [0.4, 0.5) is 5.82 Å². The fraction of sp³-hybridized carbons (Fsp3) is 0.231. The van der Waals surface area contributed by atoms with E-state index in [0.717, 1.165) is 24.1 Å². The Morgan fingerprint density at radius 3 is 2.53 bits per heavy atom. The van der Waals surface area contributed by atoms with Crippen molar-refractivity contribution in [3.05, 3.63) is 89.3 Å². The van der Waals surface area contributed by atoms with Crippen LogP contribution in [-0.2, 0) is 0 Å². The van der Waals surface area contributed by atoms with Crippen LogP contribution in [0.25, 0.3) is 16.7 Å². The molecule has 176 valence electrons. The lowest BCUT2D eigenvalue weighted by Gasteiger charge is -2.23. The molecule has 0 aliphatic heterocycles. The molecule has 7 nitrogen and oxygen atoms in total. The summed E-state index contributed by atoms with van der Waals surface area (Å²) >= 11 is 1.52. The minimum absolute atomic E-state index is 0.0267. The van der Waals surface area contributed by atoms with E-state index in [1.165, 1.54) is 11.9 Å². The number of anilines is 1. The smallest absolute Gasteiger partial charge is 0.334 e. The molecule has 0 amide bonds. The maximum absolute atomic E-state index is 13.8. The molecule has 0 saturated carbocycles. The number of para-hydroxylation sites is 1. The molecule has 0 radical (unpaired) electrons. The molecule has 2 aromatic heterocycles. The second-order valence-corrected chi connectivity index (χ2v) is 9.15. The van der Waals surface area contributed by atoms with Crippen molar-refractivity contribution in [1.82, 2.24) is 18.4 Å². The van der Waals surface area contributed by atoms with E-state index in [-0.39, 0.29) is 11.7 Å². The molecule has 4 rings (SSSR count). The highest BCUT2D eigenvalue weighted by molar-refractivity contribution is 7.99. The van der Waals surface area contributed by atoms with Crippen molar-refractivity contribution in [1.29, 1.82) is 0 Å². The van der Waals surface area contributed by atoms with Crippen LogP contribution < -0.4 is 16.2 Å². The summed E-state index contributed by atoms with van der Waals surface area (Å²) in [6.07, 6.45) is 3.45. The fourth-order valence-electron chi connectivity index (χ4n) is 4.17. The van der Waals surface area contributed by atoms with Crippen molar-refractivity contribution in [2.45, 2.75) is 25.8 Å². The van der Waals surface area contributed by atoms with Gasteiger partial charge in [0, 0.05) is 12.7 Å². The lowest BCUT2D eigenvalue weighted by atomic mass is 10.1. The van der Waals surface area contributed by atoms with E-state index in [0.29, 0.717) is 29.3 Å². The summed E-state index contributed by atoms with van der Waals surface area (Å²) < 4.78 is 11.5. The highest BCUT2D eigenvalue weighted by Crippen LogP contribution is 2.28. The second kappa shape index (κ2) is 10.6. The Morgan fingerprint density at radius 1 is 1.15 bits per heavy atom. The minimum atomic E-state index is -0.137. The minimum Gasteiger partial charge on any atom is -0.457 e. The van der Waals surface area contributed by atoms with E-state index in [4.69, 9.17) is 10.5 Å². The highest BCUT2D eigenvalue weighted by atomic mass is 32.2. The van der Waals surface area contributed by atoms with Crippen LogP contribution in [0.5, 0.6) is 11.5 Å². The Labute approximate surface area is 203 Å². The van der Waals surface area contributed by atoms with Gasteiger partial charge in [-0.2, -0.15) is 0 Å². The molecule has 8 heteroatoms. The lowest BCUT2D eigenvalue weighted by molar-refractivity contribution is 0.379. The topological polar surface area (TPSA) is 78.3 Å². The van der Waals surface area contributed by atoms with Crippen LogP contribution in [0.15, 0.2) is 83.6 Å². The van der Waals surface area contributed by atoms with Gasteiger partial charge in [-0.25, -0.2) is 14.1 Å². The monoisotopic (exact) mass is 475 g/mol. The first-order valence-corrected chi connectivity index (χ1v) is 12.1. The van der Waals surface area contributed by atoms with E-state index >= 15 is 0 Å². The van der Waals surface area contributed by atoms with Crippen molar-refractivity contribution in [3.63, 3.8) is 0 Å². The SMILES string of the molecule is C=CSN(C)CC(CCC)n1c(=O)n(-c2ccc(Oc3ccccc3)cc2)c2c(N)nccc21. The molecule has 4 aromatic rings. The number of nitrogens with two attached hydrogens (primary N) is 1. The highest BCUT2D eigenvalue weighted by Gasteiger charge is 2.24. The molecule has 1 atom stereocenters. The predicted molar refractivity (Wildman–Crippen MR) is 141 cm³/mol. The quantitative estimate of drug-likeness (QED) is 0.300. The van der Waals surface area contributed by atoms with Crippen LogP contribution in [0.1, 0.15) is 25.8 Å². The Morgan fingerprint density at radius 2 is 1.85 bits per heavy atom. The van der Waals surface area contributed by atoms with E-state index < -0.39 is 0 Å². The predicted octanol–water partition coefficient (Wildman–Crippen LogP) is 5.63. The summed E-state index contributed by atoms with van der Waals surface area (Å²) in [4.78, 5) is 18.1. The first kappa shape index (κ1) is 23.7. The number of likely N-dealkylation sites (N-methyl/N-ethyl adjacent to an activating group) is 1. The molecule has 0 fully saturated rings. The summed E-state index contributed by atoms with van der Waals surface area (Å²) in [5.41, 5.74) is 8.26. The van der Waals surface area contributed by atoms with Gasteiger partial charge in [0.15, 0.2) is 0 Å². The van der Waals surface area contributed by atoms with Gasteiger partial charge in [0.1, 0.15) is 22.8 Å². The molecule has 1 unspecified atom stereocenters. The molecular formula is C26H29N5O2S. The van der Waals surface area contributed by atoms with Crippen LogP contribution in [0.2, 0.25) is 0 Å². The van der Waals surface area contributed by atoms with Crippen LogP contribution in [0, 0.1) is 0 Å². The average Bonchev–Trinajstić information content (AvgIpc) is 3.13. The summed E-state index contributed by atoms with van der Waals surface area (Å²) in [6.45, 7) is 6.61. The number of pyridine rings is 1. The first-order valence-electron chi connectivity index (χ1n) is 11.2. The molecule has 0 aliphatic carbocycles. The zero-order chi connectivity index (χ0) is 24.1. The lowest BCUT2D eigenvalue weighted by Crippen LogP contribution is -2.31. The van der Waals surface area contributed by atoms with Crippen molar-refractivity contribution in [2.75, 3.05) is 19.3 Å². The molecule has 0 aliphatic rings. The Hall–Kier alpha value is -3.49. The number of nitrogen functional groups attached to an aromatic ring is 1. The van der Waals surface area contributed by atoms with Gasteiger partial charge in [-0.15, -0.1) is 0 Å². The van der Waals surface area contributed by atoms with Crippen molar-refractivity contribution < 1.29 is 4.74 Å². The van der Waals surface area contributed by atoms with Gasteiger partial charge in [-0.1, -0.05) is 50.1 Å². The van der Waals surface area contributed by atoms with Crippen LogP contribution >= 0.6 is 11.9 Å². The third kappa shape index (κ3) is 4.88. The van der Waals surface area contributed by atoms with Crippen LogP contribution in [0.3, 0.4) is 0 Å². The summed E-state index contributed by atoms with van der Waals surface area (Å²) in [5, 5.41) is 1.79. The Balaban J connectivity index is 1.78. The zero-order valence-corrected chi connectivity index (χ0v) is 20.2. The number of aromatic nitrogens is 3. The third-order valence-electron chi connectivity index (χ3n) is 5.59. The maximum Gasteiger partial charge on any atom is 0.334 e. The zero-order valence-electron chi connectivity index (χ0n) is 19.4. The van der Waals surface area contributed by atoms with Gasteiger partial charge in [0.2, 0.25) is 0 Å². The molecule has 2 aromatic carbocycles. The maximum atomic E-state index is 13.8. The van der Waals surface area contributed by atoms with Crippen molar-refractivity contribution in [3.8, 4) is 17.2 Å². The third-order valence-corrected chi connectivity index (χ3v) is 6.25. The normalized spacial score (nSPS) is 12.2. The number of benzene rings is 2. The summed E-state index contributed by atoms with van der Waals surface area (Å²) in [5.74, 6) is 1.76. The molecular weight excluding hydrogens is 446 g/mol. The average molecular weight is 476 g/mol. The molecule has 0 bridgehead atoms. The number of rotatable bonds is 10. The van der Waals surface area contributed by atoms with Crippen LogP contribution in [-0.4, -0.2) is 32.0 Å². The Kier molecular flexibility index (Phi) is 7.40. The molecule has 2 heterocycles. The van der Waals surface area contributed by atoms with E-state index in [9.17, 15) is 4.79 Å². The molecule has 0 spiro atoms. The second-order valence-electron chi connectivity index (χ2n) is 7.99. The molecule has 2 N–H and O–H groups in total. The number of hydrogen-bond donors (Lipinski definition) is 1. The van der Waals surface area contributed by atoms with Gasteiger partial charge in [0.25, 0.3) is 0 Å². The number of hydrogen-bond acceptors (Lipinski definition) is 6. The van der Waals surface area contributed by atoms with Gasteiger partial charge < -0.3 is 10.5 Å². The number of nitrogens with zero attached hydrogens (tertiary/aromatic N) is 4. The molecule has 0 saturated heterocycles. The fourth-order valence-corrected chi connectivity index (χ4v) is 4.68. The largest absolute Gasteiger partial charge is 0.457 e. The van der Waals surface area contributed by atoms with E-state index in [1.807, 2.05) is 72.3 Å². The van der Waals surface area contributed by atoms with Gasteiger partial charge in [-0.05, 0) is 61.3 Å².